The fraction of sp³-hybridized carbons (Fsp3) is 0.364. The van der Waals surface area contributed by atoms with Crippen molar-refractivity contribution in [1.82, 2.24) is 10.2 Å². The van der Waals surface area contributed by atoms with E-state index in [2.05, 4.69) is 21.2 Å². The van der Waals surface area contributed by atoms with E-state index in [1.54, 1.807) is 4.90 Å². The minimum Gasteiger partial charge on any atom is -0.336 e. The van der Waals surface area contributed by atoms with Crippen LogP contribution < -0.4 is 5.32 Å². The van der Waals surface area contributed by atoms with Gasteiger partial charge in [-0.05, 0) is 28.1 Å². The summed E-state index contributed by atoms with van der Waals surface area (Å²) in [6.45, 7) is 1.79. The first kappa shape index (κ1) is 10.6. The lowest BCUT2D eigenvalue weighted by Gasteiger charge is -2.35. The smallest absolute Gasteiger partial charge is 0.255 e. The summed E-state index contributed by atoms with van der Waals surface area (Å²) < 4.78 is 0.856. The monoisotopic (exact) mass is 268 g/mol. The zero-order valence-corrected chi connectivity index (χ0v) is 10.1. The number of halogens is 1. The van der Waals surface area contributed by atoms with Crippen LogP contribution in [0.15, 0.2) is 28.7 Å². The molecular formula is C11H13BrN2O. The van der Waals surface area contributed by atoms with Crippen LogP contribution in [0.2, 0.25) is 0 Å². The fourth-order valence-corrected chi connectivity index (χ4v) is 1.99. The third kappa shape index (κ3) is 2.06. The van der Waals surface area contributed by atoms with Gasteiger partial charge in [-0.3, -0.25) is 4.79 Å². The summed E-state index contributed by atoms with van der Waals surface area (Å²) in [7, 11) is 1.85. The number of rotatable bonds is 2. The Hall–Kier alpha value is -0.870. The van der Waals surface area contributed by atoms with Crippen molar-refractivity contribution < 1.29 is 4.79 Å². The highest BCUT2D eigenvalue weighted by atomic mass is 79.9. The highest BCUT2D eigenvalue weighted by Gasteiger charge is 2.26. The van der Waals surface area contributed by atoms with Crippen LogP contribution in [0.3, 0.4) is 0 Å². The predicted octanol–water partition coefficient (Wildman–Crippen LogP) is 1.49. The minimum absolute atomic E-state index is 0.0778. The zero-order chi connectivity index (χ0) is 10.8. The topological polar surface area (TPSA) is 32.3 Å². The number of hydrogen-bond acceptors (Lipinski definition) is 2. The second-order valence-electron chi connectivity index (χ2n) is 3.71. The average Bonchev–Trinajstić information content (AvgIpc) is 2.15. The number of nitrogens with zero attached hydrogens (tertiary/aromatic N) is 1. The Morgan fingerprint density at radius 3 is 2.67 bits per heavy atom. The Labute approximate surface area is 97.6 Å². The number of benzene rings is 1. The average molecular weight is 269 g/mol. The summed E-state index contributed by atoms with van der Waals surface area (Å²) in [6.07, 6.45) is 0. The molecule has 0 spiro atoms. The van der Waals surface area contributed by atoms with Gasteiger partial charge in [0.15, 0.2) is 0 Å². The van der Waals surface area contributed by atoms with E-state index in [1.165, 1.54) is 0 Å². The van der Waals surface area contributed by atoms with Crippen molar-refractivity contribution in [2.75, 3.05) is 20.1 Å². The van der Waals surface area contributed by atoms with E-state index < -0.39 is 0 Å². The molecule has 0 atom stereocenters. The van der Waals surface area contributed by atoms with E-state index in [4.69, 9.17) is 0 Å². The molecule has 15 heavy (non-hydrogen) atoms. The van der Waals surface area contributed by atoms with E-state index in [0.29, 0.717) is 6.04 Å². The fourth-order valence-electron chi connectivity index (χ4n) is 1.54. The third-order valence-corrected chi connectivity index (χ3v) is 3.42. The molecule has 0 aromatic heterocycles. The number of hydrogen-bond donors (Lipinski definition) is 1. The van der Waals surface area contributed by atoms with Crippen LogP contribution in [0, 0.1) is 0 Å². The van der Waals surface area contributed by atoms with E-state index in [1.807, 2.05) is 31.3 Å². The van der Waals surface area contributed by atoms with E-state index in [0.717, 1.165) is 23.1 Å². The first-order valence-electron chi connectivity index (χ1n) is 4.92. The van der Waals surface area contributed by atoms with E-state index in [-0.39, 0.29) is 5.91 Å². The molecule has 1 fully saturated rings. The Bertz CT molecular complexity index is 377. The summed E-state index contributed by atoms with van der Waals surface area (Å²) in [5, 5.41) is 3.16. The largest absolute Gasteiger partial charge is 0.336 e. The van der Waals surface area contributed by atoms with Gasteiger partial charge in [-0.1, -0.05) is 12.1 Å². The van der Waals surface area contributed by atoms with E-state index >= 15 is 0 Å². The molecule has 1 amide bonds. The molecule has 1 N–H and O–H groups in total. The highest BCUT2D eigenvalue weighted by Crippen LogP contribution is 2.18. The van der Waals surface area contributed by atoms with Gasteiger partial charge in [0, 0.05) is 24.6 Å². The van der Waals surface area contributed by atoms with Gasteiger partial charge in [-0.2, -0.15) is 0 Å². The number of carbonyl (C=O) groups is 1. The van der Waals surface area contributed by atoms with Crippen molar-refractivity contribution in [3.63, 3.8) is 0 Å². The molecule has 80 valence electrons. The number of likely N-dealkylation sites (N-methyl/N-ethyl adjacent to an activating group) is 1. The van der Waals surface area contributed by atoms with Crippen LogP contribution in [0.1, 0.15) is 10.4 Å². The van der Waals surface area contributed by atoms with Gasteiger partial charge in [0.2, 0.25) is 0 Å². The molecule has 0 bridgehead atoms. The van der Waals surface area contributed by atoms with Gasteiger partial charge in [0.1, 0.15) is 0 Å². The molecule has 1 aliphatic rings. The summed E-state index contributed by atoms with van der Waals surface area (Å²) in [4.78, 5) is 13.9. The Morgan fingerprint density at radius 1 is 1.47 bits per heavy atom. The summed E-state index contributed by atoms with van der Waals surface area (Å²) in [6, 6.07) is 7.86. The van der Waals surface area contributed by atoms with E-state index in [9.17, 15) is 4.79 Å². The molecule has 0 unspecified atom stereocenters. The quantitative estimate of drug-likeness (QED) is 0.882. The highest BCUT2D eigenvalue weighted by molar-refractivity contribution is 9.10. The molecule has 1 aromatic carbocycles. The van der Waals surface area contributed by atoms with Crippen molar-refractivity contribution in [3.8, 4) is 0 Å². The van der Waals surface area contributed by atoms with Gasteiger partial charge >= 0.3 is 0 Å². The second kappa shape index (κ2) is 4.33. The maximum Gasteiger partial charge on any atom is 0.255 e. The number of nitrogens with one attached hydrogen (secondary N) is 1. The molecule has 1 heterocycles. The van der Waals surface area contributed by atoms with Crippen LogP contribution in [0.5, 0.6) is 0 Å². The minimum atomic E-state index is 0.0778. The van der Waals surface area contributed by atoms with Crippen molar-refractivity contribution in [2.45, 2.75) is 6.04 Å². The van der Waals surface area contributed by atoms with Crippen molar-refractivity contribution in [1.29, 1.82) is 0 Å². The third-order valence-electron chi connectivity index (χ3n) is 2.73. The number of amides is 1. The van der Waals surface area contributed by atoms with Crippen molar-refractivity contribution in [2.24, 2.45) is 0 Å². The Balaban J connectivity index is 2.16. The van der Waals surface area contributed by atoms with Gasteiger partial charge in [0.05, 0.1) is 11.6 Å². The van der Waals surface area contributed by atoms with Gasteiger partial charge in [-0.25, -0.2) is 0 Å². The Morgan fingerprint density at radius 2 is 2.13 bits per heavy atom. The summed E-state index contributed by atoms with van der Waals surface area (Å²) in [5.74, 6) is 0.0778. The molecular weight excluding hydrogens is 256 g/mol. The molecule has 1 aliphatic heterocycles. The standard InChI is InChI=1S/C11H13BrN2O/c1-14(8-6-13-7-8)11(15)9-4-2-3-5-10(9)12/h2-5,8,13H,6-7H2,1H3. The van der Waals surface area contributed by atoms with Crippen LogP contribution >= 0.6 is 15.9 Å². The second-order valence-corrected chi connectivity index (χ2v) is 4.56. The van der Waals surface area contributed by atoms with Gasteiger partial charge < -0.3 is 10.2 Å². The van der Waals surface area contributed by atoms with Gasteiger partial charge in [0.25, 0.3) is 5.91 Å². The molecule has 1 saturated heterocycles. The van der Waals surface area contributed by atoms with Crippen LogP contribution in [-0.2, 0) is 0 Å². The van der Waals surface area contributed by atoms with Crippen LogP contribution in [0.25, 0.3) is 0 Å². The first-order valence-corrected chi connectivity index (χ1v) is 5.72. The molecule has 0 saturated carbocycles. The lowest BCUT2D eigenvalue weighted by Crippen LogP contribution is -2.57. The first-order chi connectivity index (χ1) is 7.20. The number of carbonyl (C=O) groups excluding carboxylic acids is 1. The van der Waals surface area contributed by atoms with Crippen LogP contribution in [-0.4, -0.2) is 37.0 Å². The molecule has 0 aliphatic carbocycles. The summed E-state index contributed by atoms with van der Waals surface area (Å²) in [5.41, 5.74) is 0.729. The zero-order valence-electron chi connectivity index (χ0n) is 8.53. The molecule has 1 aromatic rings. The maximum atomic E-state index is 12.1. The lowest BCUT2D eigenvalue weighted by atomic mass is 10.1. The lowest BCUT2D eigenvalue weighted by molar-refractivity contribution is 0.0680. The molecule has 2 rings (SSSR count). The Kier molecular flexibility index (Phi) is 3.07. The van der Waals surface area contributed by atoms with Crippen LogP contribution in [0.4, 0.5) is 0 Å². The predicted molar refractivity (Wildman–Crippen MR) is 62.9 cm³/mol. The SMILES string of the molecule is CN(C(=O)c1ccccc1Br)C1CNC1. The molecule has 0 radical (unpaired) electrons. The molecule has 3 nitrogen and oxygen atoms in total. The normalized spacial score (nSPS) is 15.9. The van der Waals surface area contributed by atoms with Gasteiger partial charge in [-0.15, -0.1) is 0 Å². The van der Waals surface area contributed by atoms with Crippen molar-refractivity contribution >= 4 is 21.8 Å². The van der Waals surface area contributed by atoms with Crippen molar-refractivity contribution in [3.05, 3.63) is 34.3 Å². The molecule has 4 heteroatoms. The summed E-state index contributed by atoms with van der Waals surface area (Å²) >= 11 is 3.39. The maximum absolute atomic E-state index is 12.1.